The van der Waals surface area contributed by atoms with Crippen LogP contribution in [0.1, 0.15) is 20.3 Å². The van der Waals surface area contributed by atoms with Gasteiger partial charge in [-0.1, -0.05) is 13.8 Å². The summed E-state index contributed by atoms with van der Waals surface area (Å²) in [6.45, 7) is 7.16. The zero-order valence-corrected chi connectivity index (χ0v) is 8.03. The van der Waals surface area contributed by atoms with E-state index in [-0.39, 0.29) is 0 Å². The Morgan fingerprint density at radius 1 is 1.25 bits per heavy atom. The van der Waals surface area contributed by atoms with Crippen LogP contribution < -0.4 is 11.7 Å². The van der Waals surface area contributed by atoms with E-state index in [2.05, 4.69) is 13.8 Å². The van der Waals surface area contributed by atoms with Crippen LogP contribution in [0, 0.1) is 5.92 Å². The van der Waals surface area contributed by atoms with Gasteiger partial charge in [0.2, 0.25) is 0 Å². The van der Waals surface area contributed by atoms with Crippen molar-refractivity contribution in [3.8, 4) is 0 Å². The SMILES string of the molecule is CC(C)C1CN(N)CCCN1N. The summed E-state index contributed by atoms with van der Waals surface area (Å²) in [4.78, 5) is 0. The van der Waals surface area contributed by atoms with Crippen LogP contribution >= 0.6 is 0 Å². The van der Waals surface area contributed by atoms with Crippen molar-refractivity contribution in [2.75, 3.05) is 19.6 Å². The zero-order valence-electron chi connectivity index (χ0n) is 8.03. The molecule has 0 aromatic rings. The predicted molar refractivity (Wildman–Crippen MR) is 49.9 cm³/mol. The highest BCUT2D eigenvalue weighted by Crippen LogP contribution is 2.11. The first-order chi connectivity index (χ1) is 5.61. The van der Waals surface area contributed by atoms with Gasteiger partial charge < -0.3 is 0 Å². The molecule has 0 radical (unpaired) electrons. The van der Waals surface area contributed by atoms with Crippen molar-refractivity contribution in [1.82, 2.24) is 10.0 Å². The van der Waals surface area contributed by atoms with Gasteiger partial charge in [0.05, 0.1) is 0 Å². The Morgan fingerprint density at radius 2 is 1.92 bits per heavy atom. The monoisotopic (exact) mass is 172 g/mol. The van der Waals surface area contributed by atoms with E-state index >= 15 is 0 Å². The van der Waals surface area contributed by atoms with Gasteiger partial charge in [-0.3, -0.25) is 11.7 Å². The Hall–Kier alpha value is -0.160. The molecule has 4 heteroatoms. The van der Waals surface area contributed by atoms with Gasteiger partial charge in [-0.15, -0.1) is 0 Å². The summed E-state index contributed by atoms with van der Waals surface area (Å²) >= 11 is 0. The van der Waals surface area contributed by atoms with E-state index in [1.54, 1.807) is 0 Å². The second-order valence-corrected chi connectivity index (χ2v) is 3.90. The molecule has 0 aromatic carbocycles. The minimum Gasteiger partial charge on any atom is -0.269 e. The van der Waals surface area contributed by atoms with Crippen molar-refractivity contribution >= 4 is 0 Å². The van der Waals surface area contributed by atoms with Gasteiger partial charge in [-0.2, -0.15) is 0 Å². The first-order valence-corrected chi connectivity index (χ1v) is 4.62. The standard InChI is InChI=1S/C8H20N4/c1-7(2)8-6-11(9)4-3-5-12(8)10/h7-8H,3-6,9-10H2,1-2H3. The van der Waals surface area contributed by atoms with Crippen LogP contribution in [-0.4, -0.2) is 35.7 Å². The summed E-state index contributed by atoms with van der Waals surface area (Å²) in [5, 5.41) is 3.80. The Morgan fingerprint density at radius 3 is 2.50 bits per heavy atom. The lowest BCUT2D eigenvalue weighted by molar-refractivity contribution is 0.141. The van der Waals surface area contributed by atoms with E-state index in [0.717, 1.165) is 26.1 Å². The quantitative estimate of drug-likeness (QED) is 0.536. The largest absolute Gasteiger partial charge is 0.269 e. The Labute approximate surface area is 74.4 Å². The lowest BCUT2D eigenvalue weighted by Gasteiger charge is -2.29. The predicted octanol–water partition coefficient (Wildman–Crippen LogP) is -0.234. The van der Waals surface area contributed by atoms with Crippen LogP contribution in [0.5, 0.6) is 0 Å². The minimum atomic E-state index is 0.400. The molecule has 0 bridgehead atoms. The van der Waals surface area contributed by atoms with Crippen molar-refractivity contribution in [1.29, 1.82) is 0 Å². The fraction of sp³-hybridized carbons (Fsp3) is 1.00. The summed E-state index contributed by atoms with van der Waals surface area (Å²) < 4.78 is 0. The second-order valence-electron chi connectivity index (χ2n) is 3.90. The molecule has 4 N–H and O–H groups in total. The molecule has 1 unspecified atom stereocenters. The first-order valence-electron chi connectivity index (χ1n) is 4.62. The van der Waals surface area contributed by atoms with Gasteiger partial charge in [-0.25, -0.2) is 10.0 Å². The summed E-state index contributed by atoms with van der Waals surface area (Å²) in [6, 6.07) is 0.400. The highest BCUT2D eigenvalue weighted by molar-refractivity contribution is 4.76. The van der Waals surface area contributed by atoms with Gasteiger partial charge in [0.25, 0.3) is 0 Å². The normalized spacial score (nSPS) is 29.2. The van der Waals surface area contributed by atoms with Gasteiger partial charge in [0, 0.05) is 25.7 Å². The molecule has 1 atom stereocenters. The summed E-state index contributed by atoms with van der Waals surface area (Å²) in [5.74, 6) is 12.2. The third kappa shape index (κ3) is 2.42. The number of nitrogens with zero attached hydrogens (tertiary/aromatic N) is 2. The average Bonchev–Trinajstić information content (AvgIpc) is 2.13. The molecule has 12 heavy (non-hydrogen) atoms. The Kier molecular flexibility index (Phi) is 3.46. The lowest BCUT2D eigenvalue weighted by Crippen LogP contribution is -2.49. The smallest absolute Gasteiger partial charge is 0.0405 e. The minimum absolute atomic E-state index is 0.400. The number of rotatable bonds is 1. The average molecular weight is 172 g/mol. The van der Waals surface area contributed by atoms with E-state index in [0.29, 0.717) is 12.0 Å². The Bertz CT molecular complexity index is 137. The fourth-order valence-corrected chi connectivity index (χ4v) is 1.65. The molecule has 0 aliphatic carbocycles. The van der Waals surface area contributed by atoms with Crippen LogP contribution in [0.15, 0.2) is 0 Å². The molecule has 1 rings (SSSR count). The first kappa shape index (κ1) is 9.92. The number of hydrazine groups is 2. The maximum Gasteiger partial charge on any atom is 0.0405 e. The molecule has 1 fully saturated rings. The van der Waals surface area contributed by atoms with Crippen LogP contribution in [0.4, 0.5) is 0 Å². The maximum atomic E-state index is 5.89. The summed E-state index contributed by atoms with van der Waals surface area (Å²) in [7, 11) is 0. The maximum absolute atomic E-state index is 5.89. The molecule has 0 saturated carbocycles. The van der Waals surface area contributed by atoms with Gasteiger partial charge in [0.1, 0.15) is 0 Å². The van der Waals surface area contributed by atoms with Crippen LogP contribution in [0.2, 0.25) is 0 Å². The highest BCUT2D eigenvalue weighted by atomic mass is 15.5. The van der Waals surface area contributed by atoms with Crippen molar-refractivity contribution < 1.29 is 0 Å². The molecule has 0 aromatic heterocycles. The highest BCUT2D eigenvalue weighted by Gasteiger charge is 2.23. The molecule has 1 aliphatic heterocycles. The van der Waals surface area contributed by atoms with Crippen LogP contribution in [-0.2, 0) is 0 Å². The third-order valence-corrected chi connectivity index (χ3v) is 2.48. The fourth-order valence-electron chi connectivity index (χ4n) is 1.65. The van der Waals surface area contributed by atoms with Crippen LogP contribution in [0.3, 0.4) is 0 Å². The summed E-state index contributed by atoms with van der Waals surface area (Å²) in [5.41, 5.74) is 0. The summed E-state index contributed by atoms with van der Waals surface area (Å²) in [6.07, 6.45) is 1.07. The molecule has 1 heterocycles. The van der Waals surface area contributed by atoms with E-state index in [1.165, 1.54) is 0 Å². The topological polar surface area (TPSA) is 58.5 Å². The van der Waals surface area contributed by atoms with Crippen molar-refractivity contribution in [2.24, 2.45) is 17.6 Å². The van der Waals surface area contributed by atoms with Crippen molar-refractivity contribution in [2.45, 2.75) is 26.3 Å². The molecular weight excluding hydrogens is 152 g/mol. The molecule has 72 valence electrons. The molecule has 4 nitrogen and oxygen atoms in total. The van der Waals surface area contributed by atoms with E-state index in [4.69, 9.17) is 11.7 Å². The lowest BCUT2D eigenvalue weighted by atomic mass is 10.0. The van der Waals surface area contributed by atoms with Gasteiger partial charge in [0.15, 0.2) is 0 Å². The van der Waals surface area contributed by atoms with E-state index in [1.807, 2.05) is 10.0 Å². The second kappa shape index (κ2) is 4.18. The molecular formula is C8H20N4. The van der Waals surface area contributed by atoms with Gasteiger partial charge >= 0.3 is 0 Å². The van der Waals surface area contributed by atoms with Crippen LogP contribution in [0.25, 0.3) is 0 Å². The number of nitrogens with two attached hydrogens (primary N) is 2. The number of hydrogen-bond acceptors (Lipinski definition) is 4. The van der Waals surface area contributed by atoms with Crippen molar-refractivity contribution in [3.63, 3.8) is 0 Å². The number of hydrogen-bond donors (Lipinski definition) is 2. The van der Waals surface area contributed by atoms with Crippen molar-refractivity contribution in [3.05, 3.63) is 0 Å². The molecule has 1 aliphatic rings. The molecule has 1 saturated heterocycles. The molecule has 0 amide bonds. The molecule has 0 spiro atoms. The third-order valence-electron chi connectivity index (χ3n) is 2.48. The van der Waals surface area contributed by atoms with E-state index in [9.17, 15) is 0 Å². The van der Waals surface area contributed by atoms with E-state index < -0.39 is 0 Å². The Balaban J connectivity index is 2.54. The van der Waals surface area contributed by atoms with Gasteiger partial charge in [-0.05, 0) is 12.3 Å². The zero-order chi connectivity index (χ0) is 9.14.